The van der Waals surface area contributed by atoms with Gasteiger partial charge >= 0.3 is 0 Å². The van der Waals surface area contributed by atoms with Crippen LogP contribution in [0.1, 0.15) is 45.4 Å². The minimum atomic E-state index is 0. The lowest BCUT2D eigenvalue weighted by molar-refractivity contribution is -0.136. The van der Waals surface area contributed by atoms with Crippen molar-refractivity contribution < 1.29 is 9.59 Å². The van der Waals surface area contributed by atoms with Crippen molar-refractivity contribution in [1.29, 1.82) is 0 Å². The van der Waals surface area contributed by atoms with Crippen molar-refractivity contribution in [3.05, 3.63) is 0 Å². The number of likely N-dealkylation sites (tertiary alicyclic amines) is 1. The molecule has 2 amide bonds. The average Bonchev–Trinajstić information content (AvgIpc) is 2.69. The normalized spacial score (nSPS) is 24.7. The first kappa shape index (κ1) is 25.5. The standard InChI is InChI=1S/C20H36N4O2.2ClH/c1-17(18-6-5-7-21-15-18)14-19(25)24-12-10-22(11-13-24)16-20(26)23-8-3-2-4-9-23;;/h17-18,21H,2-16H2,1H3;2*1H. The molecule has 2 atom stereocenters. The van der Waals surface area contributed by atoms with Crippen LogP contribution in [0.25, 0.3) is 0 Å². The highest BCUT2D eigenvalue weighted by atomic mass is 35.5. The summed E-state index contributed by atoms with van der Waals surface area (Å²) in [7, 11) is 0. The average molecular weight is 437 g/mol. The van der Waals surface area contributed by atoms with E-state index in [1.807, 2.05) is 9.80 Å². The summed E-state index contributed by atoms with van der Waals surface area (Å²) in [6, 6.07) is 0. The molecule has 3 rings (SSSR count). The summed E-state index contributed by atoms with van der Waals surface area (Å²) >= 11 is 0. The van der Waals surface area contributed by atoms with Gasteiger partial charge in [0.15, 0.2) is 0 Å². The van der Waals surface area contributed by atoms with Crippen molar-refractivity contribution >= 4 is 36.6 Å². The molecule has 0 aromatic carbocycles. The third kappa shape index (κ3) is 7.36. The molecule has 0 bridgehead atoms. The molecule has 0 aromatic heterocycles. The Balaban J connectivity index is 0.00000196. The van der Waals surface area contributed by atoms with Gasteiger partial charge in [0, 0.05) is 45.7 Å². The van der Waals surface area contributed by atoms with Gasteiger partial charge in [-0.05, 0) is 57.0 Å². The summed E-state index contributed by atoms with van der Waals surface area (Å²) in [5.41, 5.74) is 0. The Kier molecular flexibility index (Phi) is 11.7. The van der Waals surface area contributed by atoms with E-state index in [1.54, 1.807) is 0 Å². The Bertz CT molecular complexity index is 475. The Morgan fingerprint density at radius 2 is 1.54 bits per heavy atom. The fraction of sp³-hybridized carbons (Fsp3) is 0.900. The molecule has 0 saturated carbocycles. The first-order chi connectivity index (χ1) is 12.6. The Hall–Kier alpha value is -0.560. The summed E-state index contributed by atoms with van der Waals surface area (Å²) in [6.07, 6.45) is 6.67. The molecule has 164 valence electrons. The maximum atomic E-state index is 12.6. The van der Waals surface area contributed by atoms with Gasteiger partial charge in [-0.1, -0.05) is 6.92 Å². The summed E-state index contributed by atoms with van der Waals surface area (Å²) in [5.74, 6) is 1.65. The second kappa shape index (κ2) is 12.9. The van der Waals surface area contributed by atoms with Crippen LogP contribution in [0, 0.1) is 11.8 Å². The van der Waals surface area contributed by atoms with Crippen molar-refractivity contribution in [2.75, 3.05) is 58.9 Å². The van der Waals surface area contributed by atoms with Crippen LogP contribution in [0.3, 0.4) is 0 Å². The predicted octanol–water partition coefficient (Wildman–Crippen LogP) is 2.01. The van der Waals surface area contributed by atoms with Crippen LogP contribution in [-0.2, 0) is 9.59 Å². The Morgan fingerprint density at radius 1 is 0.893 bits per heavy atom. The molecule has 3 fully saturated rings. The first-order valence-electron chi connectivity index (χ1n) is 10.6. The SMILES string of the molecule is CC(CC(=O)N1CCN(CC(=O)N2CCCCC2)CC1)C1CCCNC1.Cl.Cl. The number of hydrogen-bond acceptors (Lipinski definition) is 4. The van der Waals surface area contributed by atoms with Gasteiger partial charge in [-0.3, -0.25) is 14.5 Å². The molecule has 0 radical (unpaired) electrons. The van der Waals surface area contributed by atoms with Crippen molar-refractivity contribution in [3.8, 4) is 0 Å². The zero-order valence-electron chi connectivity index (χ0n) is 17.2. The van der Waals surface area contributed by atoms with Crippen LogP contribution in [0.2, 0.25) is 0 Å². The number of piperidine rings is 2. The van der Waals surface area contributed by atoms with Crippen LogP contribution in [-0.4, -0.2) is 85.4 Å². The maximum Gasteiger partial charge on any atom is 0.236 e. The number of piperazine rings is 1. The number of nitrogens with one attached hydrogen (secondary N) is 1. The van der Waals surface area contributed by atoms with Crippen LogP contribution >= 0.6 is 24.8 Å². The molecule has 6 nitrogen and oxygen atoms in total. The lowest BCUT2D eigenvalue weighted by Gasteiger charge is -2.37. The van der Waals surface area contributed by atoms with E-state index in [-0.39, 0.29) is 30.7 Å². The molecule has 28 heavy (non-hydrogen) atoms. The fourth-order valence-electron chi connectivity index (χ4n) is 4.53. The molecule has 1 N–H and O–H groups in total. The first-order valence-corrected chi connectivity index (χ1v) is 10.6. The zero-order chi connectivity index (χ0) is 18.4. The van der Waals surface area contributed by atoms with E-state index < -0.39 is 0 Å². The van der Waals surface area contributed by atoms with E-state index in [4.69, 9.17) is 0 Å². The second-order valence-electron chi connectivity index (χ2n) is 8.39. The molecule has 3 aliphatic rings. The van der Waals surface area contributed by atoms with Gasteiger partial charge in [-0.2, -0.15) is 0 Å². The molecule has 3 saturated heterocycles. The van der Waals surface area contributed by atoms with E-state index in [0.717, 1.165) is 65.2 Å². The zero-order valence-corrected chi connectivity index (χ0v) is 18.9. The van der Waals surface area contributed by atoms with E-state index >= 15 is 0 Å². The van der Waals surface area contributed by atoms with E-state index in [2.05, 4.69) is 17.1 Å². The largest absolute Gasteiger partial charge is 0.342 e. The number of nitrogens with zero attached hydrogens (tertiary/aromatic N) is 3. The minimum absolute atomic E-state index is 0. The van der Waals surface area contributed by atoms with Gasteiger partial charge in [0.1, 0.15) is 0 Å². The molecule has 0 aliphatic carbocycles. The number of halogens is 2. The molecule has 0 spiro atoms. The lowest BCUT2D eigenvalue weighted by atomic mass is 9.85. The summed E-state index contributed by atoms with van der Waals surface area (Å²) in [6.45, 7) is 9.95. The van der Waals surface area contributed by atoms with E-state index in [9.17, 15) is 9.59 Å². The minimum Gasteiger partial charge on any atom is -0.342 e. The molecule has 2 unspecified atom stereocenters. The third-order valence-electron chi connectivity index (χ3n) is 6.43. The monoisotopic (exact) mass is 436 g/mol. The van der Waals surface area contributed by atoms with Crippen molar-refractivity contribution in [1.82, 2.24) is 20.0 Å². The van der Waals surface area contributed by atoms with Gasteiger partial charge in [0.2, 0.25) is 11.8 Å². The van der Waals surface area contributed by atoms with E-state index in [1.165, 1.54) is 19.3 Å². The number of carbonyl (C=O) groups excluding carboxylic acids is 2. The van der Waals surface area contributed by atoms with Crippen molar-refractivity contribution in [3.63, 3.8) is 0 Å². The smallest absolute Gasteiger partial charge is 0.236 e. The number of hydrogen-bond donors (Lipinski definition) is 1. The number of rotatable bonds is 5. The topological polar surface area (TPSA) is 55.9 Å². The van der Waals surface area contributed by atoms with Gasteiger partial charge in [0.25, 0.3) is 0 Å². The highest BCUT2D eigenvalue weighted by Gasteiger charge is 2.27. The third-order valence-corrected chi connectivity index (χ3v) is 6.43. The maximum absolute atomic E-state index is 12.6. The predicted molar refractivity (Wildman–Crippen MR) is 117 cm³/mol. The fourth-order valence-corrected chi connectivity index (χ4v) is 4.53. The van der Waals surface area contributed by atoms with Gasteiger partial charge < -0.3 is 15.1 Å². The van der Waals surface area contributed by atoms with Crippen LogP contribution < -0.4 is 5.32 Å². The number of carbonyl (C=O) groups is 2. The molecule has 8 heteroatoms. The summed E-state index contributed by atoms with van der Waals surface area (Å²) in [5, 5.41) is 3.45. The number of amides is 2. The lowest BCUT2D eigenvalue weighted by Crippen LogP contribution is -2.52. The summed E-state index contributed by atoms with van der Waals surface area (Å²) < 4.78 is 0. The van der Waals surface area contributed by atoms with Gasteiger partial charge in [-0.25, -0.2) is 0 Å². The highest BCUT2D eigenvalue weighted by molar-refractivity contribution is 5.85. The van der Waals surface area contributed by atoms with Crippen LogP contribution in [0.5, 0.6) is 0 Å². The van der Waals surface area contributed by atoms with Gasteiger partial charge in [0.05, 0.1) is 6.54 Å². The van der Waals surface area contributed by atoms with E-state index in [0.29, 0.717) is 30.7 Å². The van der Waals surface area contributed by atoms with Gasteiger partial charge in [-0.15, -0.1) is 24.8 Å². The quantitative estimate of drug-likeness (QED) is 0.715. The van der Waals surface area contributed by atoms with Crippen LogP contribution in [0.4, 0.5) is 0 Å². The highest BCUT2D eigenvalue weighted by Crippen LogP contribution is 2.23. The Morgan fingerprint density at radius 3 is 2.14 bits per heavy atom. The molecule has 0 aromatic rings. The molecular weight excluding hydrogens is 399 g/mol. The van der Waals surface area contributed by atoms with Crippen molar-refractivity contribution in [2.24, 2.45) is 11.8 Å². The van der Waals surface area contributed by atoms with Crippen molar-refractivity contribution in [2.45, 2.75) is 45.4 Å². The molecular formula is C20H38Cl2N4O2. The van der Waals surface area contributed by atoms with Crippen LogP contribution in [0.15, 0.2) is 0 Å². The summed E-state index contributed by atoms with van der Waals surface area (Å²) in [4.78, 5) is 31.3. The molecule has 3 aliphatic heterocycles. The Labute approximate surface area is 182 Å². The molecule has 3 heterocycles. The second-order valence-corrected chi connectivity index (χ2v) is 8.39.